The average molecular weight is 313 g/mol. The van der Waals surface area contributed by atoms with Gasteiger partial charge in [-0.2, -0.15) is 8.42 Å². The lowest BCUT2D eigenvalue weighted by molar-refractivity contribution is 0.0656. The van der Waals surface area contributed by atoms with Crippen LogP contribution in [0.2, 0.25) is 0 Å². The number of halogens is 1. The first-order chi connectivity index (χ1) is 9.87. The zero-order valence-electron chi connectivity index (χ0n) is 11.0. The maximum atomic E-state index is 13.8. The smallest absolute Gasteiger partial charge is 0.371 e. The monoisotopic (exact) mass is 313 g/mol. The van der Waals surface area contributed by atoms with Gasteiger partial charge in [-0.05, 0) is 31.2 Å². The van der Waals surface area contributed by atoms with Crippen molar-refractivity contribution in [1.29, 1.82) is 0 Å². The zero-order valence-corrected chi connectivity index (χ0v) is 11.8. The molecule has 0 fully saturated rings. The summed E-state index contributed by atoms with van der Waals surface area (Å²) in [6.45, 7) is 1.50. The Morgan fingerprint density at radius 3 is 2.48 bits per heavy atom. The van der Waals surface area contributed by atoms with Crippen molar-refractivity contribution in [1.82, 2.24) is 0 Å². The van der Waals surface area contributed by atoms with Crippen LogP contribution in [0.4, 0.5) is 10.1 Å². The predicted octanol–water partition coefficient (Wildman–Crippen LogP) is 2.33. The van der Waals surface area contributed by atoms with Crippen LogP contribution in [0.3, 0.4) is 0 Å². The number of anilines is 1. The summed E-state index contributed by atoms with van der Waals surface area (Å²) in [4.78, 5) is 10.7. The normalized spacial score (nSPS) is 11.3. The van der Waals surface area contributed by atoms with Crippen molar-refractivity contribution in [3.63, 3.8) is 0 Å². The SMILES string of the molecule is CCN(c1ccccc1F)S(=O)(=O)c1ccc(C(=O)O)o1. The molecule has 0 radical (unpaired) electrons. The molecule has 6 nitrogen and oxygen atoms in total. The number of hydrogen-bond acceptors (Lipinski definition) is 4. The van der Waals surface area contributed by atoms with E-state index in [1.807, 2.05) is 0 Å². The van der Waals surface area contributed by atoms with Crippen LogP contribution in [0, 0.1) is 5.82 Å². The summed E-state index contributed by atoms with van der Waals surface area (Å²) < 4.78 is 44.2. The predicted molar refractivity (Wildman–Crippen MR) is 72.3 cm³/mol. The number of furan rings is 1. The molecule has 0 saturated carbocycles. The summed E-state index contributed by atoms with van der Waals surface area (Å²) in [7, 11) is -4.18. The first-order valence-electron chi connectivity index (χ1n) is 5.98. The molecule has 0 amide bonds. The number of carboxylic acid groups (broad SMARTS) is 1. The van der Waals surface area contributed by atoms with Gasteiger partial charge in [0.05, 0.1) is 5.69 Å². The second kappa shape index (κ2) is 5.57. The van der Waals surface area contributed by atoms with Gasteiger partial charge in [0, 0.05) is 6.54 Å². The van der Waals surface area contributed by atoms with Crippen molar-refractivity contribution in [2.45, 2.75) is 12.0 Å². The second-order valence-electron chi connectivity index (χ2n) is 4.05. The summed E-state index contributed by atoms with van der Waals surface area (Å²) in [6.07, 6.45) is 0. The van der Waals surface area contributed by atoms with Crippen LogP contribution in [-0.4, -0.2) is 26.0 Å². The first-order valence-corrected chi connectivity index (χ1v) is 7.42. The maximum Gasteiger partial charge on any atom is 0.371 e. The van der Waals surface area contributed by atoms with Gasteiger partial charge in [0.25, 0.3) is 10.0 Å². The minimum Gasteiger partial charge on any atom is -0.475 e. The van der Waals surface area contributed by atoms with Gasteiger partial charge in [0.15, 0.2) is 0 Å². The van der Waals surface area contributed by atoms with Gasteiger partial charge in [-0.25, -0.2) is 9.18 Å². The Kier molecular flexibility index (Phi) is 3.99. The highest BCUT2D eigenvalue weighted by Crippen LogP contribution is 2.26. The van der Waals surface area contributed by atoms with Crippen molar-refractivity contribution < 1.29 is 27.1 Å². The molecule has 2 aromatic rings. The Balaban J connectivity index is 2.49. The molecule has 1 aromatic heterocycles. The fourth-order valence-electron chi connectivity index (χ4n) is 1.81. The summed E-state index contributed by atoms with van der Waals surface area (Å²) in [5.41, 5.74) is -0.131. The van der Waals surface area contributed by atoms with Crippen molar-refractivity contribution in [3.05, 3.63) is 48.0 Å². The molecule has 1 aromatic carbocycles. The van der Waals surface area contributed by atoms with Crippen molar-refractivity contribution >= 4 is 21.7 Å². The Labute approximate surface area is 120 Å². The number of rotatable bonds is 5. The largest absolute Gasteiger partial charge is 0.475 e. The Morgan fingerprint density at radius 2 is 1.95 bits per heavy atom. The third-order valence-corrected chi connectivity index (χ3v) is 4.51. The van der Waals surface area contributed by atoms with Crippen LogP contribution in [0.1, 0.15) is 17.5 Å². The van der Waals surface area contributed by atoms with E-state index >= 15 is 0 Å². The average Bonchev–Trinajstić information content (AvgIpc) is 2.92. The van der Waals surface area contributed by atoms with Gasteiger partial charge in [-0.15, -0.1) is 0 Å². The minimum atomic E-state index is -4.18. The molecule has 0 aliphatic carbocycles. The quantitative estimate of drug-likeness (QED) is 0.915. The van der Waals surface area contributed by atoms with Crippen LogP contribution in [-0.2, 0) is 10.0 Å². The maximum absolute atomic E-state index is 13.8. The molecule has 0 aliphatic rings. The van der Waals surface area contributed by atoms with E-state index in [4.69, 9.17) is 9.52 Å². The highest BCUT2D eigenvalue weighted by Gasteiger charge is 2.29. The lowest BCUT2D eigenvalue weighted by atomic mass is 10.3. The summed E-state index contributed by atoms with van der Waals surface area (Å²) in [6, 6.07) is 7.46. The number of carbonyl (C=O) groups is 1. The van der Waals surface area contributed by atoms with Gasteiger partial charge in [-0.1, -0.05) is 12.1 Å². The summed E-state index contributed by atoms with van der Waals surface area (Å²) in [5, 5.41) is 8.21. The van der Waals surface area contributed by atoms with E-state index in [2.05, 4.69) is 0 Å². The molecule has 2 rings (SSSR count). The fourth-order valence-corrected chi connectivity index (χ4v) is 3.21. The Bertz CT molecular complexity index is 768. The van der Waals surface area contributed by atoms with Crippen LogP contribution in [0.15, 0.2) is 45.9 Å². The van der Waals surface area contributed by atoms with Gasteiger partial charge < -0.3 is 9.52 Å². The number of sulfonamides is 1. The summed E-state index contributed by atoms with van der Waals surface area (Å²) in [5.74, 6) is -2.59. The Hall–Kier alpha value is -2.35. The lowest BCUT2D eigenvalue weighted by Crippen LogP contribution is -2.31. The third-order valence-electron chi connectivity index (χ3n) is 2.74. The van der Waals surface area contributed by atoms with Gasteiger partial charge in [0.2, 0.25) is 10.9 Å². The molecule has 21 heavy (non-hydrogen) atoms. The van der Waals surface area contributed by atoms with E-state index in [0.717, 1.165) is 22.5 Å². The molecule has 0 unspecified atom stereocenters. The van der Waals surface area contributed by atoms with Crippen molar-refractivity contribution in [2.75, 3.05) is 10.8 Å². The number of nitrogens with zero attached hydrogens (tertiary/aromatic N) is 1. The molecule has 0 bridgehead atoms. The van der Waals surface area contributed by atoms with Crippen LogP contribution in [0.5, 0.6) is 0 Å². The van der Waals surface area contributed by atoms with Gasteiger partial charge in [-0.3, -0.25) is 4.31 Å². The number of benzene rings is 1. The van der Waals surface area contributed by atoms with E-state index < -0.39 is 32.7 Å². The zero-order chi connectivity index (χ0) is 15.6. The molecular weight excluding hydrogens is 301 g/mol. The number of para-hydroxylation sites is 1. The molecule has 8 heteroatoms. The van der Waals surface area contributed by atoms with E-state index in [0.29, 0.717) is 0 Å². The molecule has 0 atom stereocenters. The molecule has 1 N–H and O–H groups in total. The number of carboxylic acids is 1. The lowest BCUT2D eigenvalue weighted by Gasteiger charge is -2.21. The second-order valence-corrected chi connectivity index (χ2v) is 5.84. The first kappa shape index (κ1) is 15.0. The van der Waals surface area contributed by atoms with Crippen LogP contribution < -0.4 is 4.31 Å². The van der Waals surface area contributed by atoms with Gasteiger partial charge >= 0.3 is 5.97 Å². The molecule has 1 heterocycles. The van der Waals surface area contributed by atoms with E-state index in [9.17, 15) is 17.6 Å². The van der Waals surface area contributed by atoms with Crippen LogP contribution in [0.25, 0.3) is 0 Å². The van der Waals surface area contributed by atoms with Crippen molar-refractivity contribution in [2.24, 2.45) is 0 Å². The topological polar surface area (TPSA) is 87.8 Å². The molecule has 0 spiro atoms. The van der Waals surface area contributed by atoms with E-state index in [1.54, 1.807) is 0 Å². The Morgan fingerprint density at radius 1 is 1.29 bits per heavy atom. The van der Waals surface area contributed by atoms with E-state index in [-0.39, 0.29) is 12.2 Å². The molecule has 112 valence electrons. The van der Waals surface area contributed by atoms with E-state index in [1.165, 1.54) is 25.1 Å². The highest BCUT2D eigenvalue weighted by molar-refractivity contribution is 7.92. The summed E-state index contributed by atoms with van der Waals surface area (Å²) >= 11 is 0. The standard InChI is InChI=1S/C13H12FNO5S/c1-2-15(10-6-4-3-5-9(10)14)21(18,19)12-8-7-11(20-12)13(16)17/h3-8H,2H2,1H3,(H,16,17). The minimum absolute atomic E-state index is 0.0353. The molecule has 0 saturated heterocycles. The third kappa shape index (κ3) is 2.75. The van der Waals surface area contributed by atoms with Gasteiger partial charge in [0.1, 0.15) is 5.82 Å². The van der Waals surface area contributed by atoms with Crippen LogP contribution >= 0.6 is 0 Å². The number of aromatic carboxylic acids is 1. The number of hydrogen-bond donors (Lipinski definition) is 1. The van der Waals surface area contributed by atoms with Crippen molar-refractivity contribution in [3.8, 4) is 0 Å². The molecular formula is C13H12FNO5S. The fraction of sp³-hybridized carbons (Fsp3) is 0.154. The highest BCUT2D eigenvalue weighted by atomic mass is 32.2. The molecule has 0 aliphatic heterocycles.